The van der Waals surface area contributed by atoms with E-state index < -0.39 is 4.75 Å². The zero-order chi connectivity index (χ0) is 18.1. The van der Waals surface area contributed by atoms with Crippen LogP contribution in [0, 0.1) is 0 Å². The van der Waals surface area contributed by atoms with E-state index in [2.05, 4.69) is 10.2 Å². The predicted octanol–water partition coefficient (Wildman–Crippen LogP) is 3.77. The average molecular weight is 364 g/mol. The number of carbonyl (C=O) groups is 1. The van der Waals surface area contributed by atoms with Gasteiger partial charge in [0.05, 0.1) is 0 Å². The molecule has 4 rings (SSSR count). The van der Waals surface area contributed by atoms with Crippen LogP contribution in [0.25, 0.3) is 11.4 Å². The van der Waals surface area contributed by atoms with E-state index in [0.29, 0.717) is 0 Å². The number of nitrogens with zero attached hydrogens (tertiary/aromatic N) is 4. The molecular formula is C20H20N4OS. The Kier molecular flexibility index (Phi) is 4.28. The van der Waals surface area contributed by atoms with Crippen molar-refractivity contribution >= 4 is 23.4 Å². The van der Waals surface area contributed by atoms with Crippen molar-refractivity contribution in [2.45, 2.75) is 22.7 Å². The number of hydrogen-bond acceptors (Lipinski definition) is 4. The summed E-state index contributed by atoms with van der Waals surface area (Å²) in [5.41, 5.74) is 1.93. The molecule has 5 nitrogen and oxygen atoms in total. The van der Waals surface area contributed by atoms with Crippen molar-refractivity contribution < 1.29 is 4.79 Å². The van der Waals surface area contributed by atoms with Gasteiger partial charge in [-0.2, -0.15) is 0 Å². The number of anilines is 1. The van der Waals surface area contributed by atoms with Crippen LogP contribution >= 0.6 is 11.8 Å². The van der Waals surface area contributed by atoms with Crippen molar-refractivity contribution in [2.75, 3.05) is 11.9 Å². The summed E-state index contributed by atoms with van der Waals surface area (Å²) in [6.07, 6.45) is 1.72. The second-order valence-corrected chi connectivity index (χ2v) is 7.88. The van der Waals surface area contributed by atoms with Crippen LogP contribution in [0.4, 0.5) is 5.69 Å². The van der Waals surface area contributed by atoms with Crippen molar-refractivity contribution in [1.82, 2.24) is 14.8 Å². The lowest BCUT2D eigenvalue weighted by Gasteiger charge is -2.23. The van der Waals surface area contributed by atoms with Gasteiger partial charge in [0, 0.05) is 25.3 Å². The van der Waals surface area contributed by atoms with Gasteiger partial charge in [-0.05, 0) is 25.0 Å². The van der Waals surface area contributed by atoms with E-state index in [1.807, 2.05) is 79.3 Å². The highest BCUT2D eigenvalue weighted by molar-refractivity contribution is 8.01. The van der Waals surface area contributed by atoms with Crippen molar-refractivity contribution in [3.8, 4) is 11.4 Å². The van der Waals surface area contributed by atoms with Gasteiger partial charge in [-0.15, -0.1) is 10.2 Å². The lowest BCUT2D eigenvalue weighted by molar-refractivity contribution is -0.118. The number of hydrogen-bond donors (Lipinski definition) is 0. The third-order valence-corrected chi connectivity index (χ3v) is 6.21. The molecule has 1 aliphatic carbocycles. The molecule has 2 aromatic carbocycles. The largest absolute Gasteiger partial charge is 0.314 e. The number of benzene rings is 2. The number of amides is 1. The van der Waals surface area contributed by atoms with Crippen LogP contribution < -0.4 is 4.90 Å². The molecule has 1 aliphatic rings. The first kappa shape index (κ1) is 16.8. The number of rotatable bonds is 5. The molecule has 1 amide bonds. The van der Waals surface area contributed by atoms with E-state index in [1.54, 1.807) is 4.90 Å². The van der Waals surface area contributed by atoms with Crippen LogP contribution in [-0.2, 0) is 11.8 Å². The Hall–Kier alpha value is -2.60. The Labute approximate surface area is 157 Å². The van der Waals surface area contributed by atoms with Gasteiger partial charge in [-0.25, -0.2) is 0 Å². The molecule has 0 spiro atoms. The number of thioether (sulfide) groups is 1. The molecule has 132 valence electrons. The van der Waals surface area contributed by atoms with E-state index in [0.717, 1.165) is 35.1 Å². The quantitative estimate of drug-likeness (QED) is 0.691. The van der Waals surface area contributed by atoms with E-state index in [9.17, 15) is 4.79 Å². The van der Waals surface area contributed by atoms with Crippen LogP contribution in [0.5, 0.6) is 0 Å². The van der Waals surface area contributed by atoms with Crippen molar-refractivity contribution in [2.24, 2.45) is 7.05 Å². The molecule has 1 aromatic heterocycles. The Morgan fingerprint density at radius 2 is 1.65 bits per heavy atom. The highest BCUT2D eigenvalue weighted by Gasteiger charge is 2.53. The van der Waals surface area contributed by atoms with Crippen LogP contribution in [0.1, 0.15) is 12.8 Å². The summed E-state index contributed by atoms with van der Waals surface area (Å²) in [6, 6.07) is 19.7. The normalized spacial score (nSPS) is 14.8. The molecular weight excluding hydrogens is 344 g/mol. The molecule has 26 heavy (non-hydrogen) atoms. The summed E-state index contributed by atoms with van der Waals surface area (Å²) in [4.78, 5) is 14.8. The molecule has 0 bridgehead atoms. The summed E-state index contributed by atoms with van der Waals surface area (Å²) < 4.78 is 1.54. The summed E-state index contributed by atoms with van der Waals surface area (Å²) in [7, 11) is 3.79. The number of carbonyl (C=O) groups excluding carboxylic acids is 1. The molecule has 1 saturated carbocycles. The van der Waals surface area contributed by atoms with Crippen molar-refractivity contribution in [3.05, 3.63) is 60.7 Å². The van der Waals surface area contributed by atoms with Crippen LogP contribution in [-0.4, -0.2) is 32.5 Å². The van der Waals surface area contributed by atoms with Crippen molar-refractivity contribution in [3.63, 3.8) is 0 Å². The molecule has 0 radical (unpaired) electrons. The molecule has 0 unspecified atom stereocenters. The Morgan fingerprint density at radius 3 is 2.27 bits per heavy atom. The zero-order valence-corrected chi connectivity index (χ0v) is 15.6. The van der Waals surface area contributed by atoms with E-state index >= 15 is 0 Å². The average Bonchev–Trinajstić information content (AvgIpc) is 3.39. The lowest BCUT2D eigenvalue weighted by atomic mass is 10.2. The van der Waals surface area contributed by atoms with Crippen LogP contribution in [0.15, 0.2) is 65.8 Å². The van der Waals surface area contributed by atoms with Crippen molar-refractivity contribution in [1.29, 1.82) is 0 Å². The van der Waals surface area contributed by atoms with Gasteiger partial charge in [-0.3, -0.25) is 4.79 Å². The lowest BCUT2D eigenvalue weighted by Crippen LogP contribution is -2.36. The molecule has 0 N–H and O–H groups in total. The van der Waals surface area contributed by atoms with Gasteiger partial charge < -0.3 is 9.47 Å². The van der Waals surface area contributed by atoms with Gasteiger partial charge in [0.25, 0.3) is 0 Å². The fourth-order valence-corrected chi connectivity index (χ4v) is 4.15. The van der Waals surface area contributed by atoms with Gasteiger partial charge >= 0.3 is 0 Å². The summed E-state index contributed by atoms with van der Waals surface area (Å²) >= 11 is 1.53. The summed E-state index contributed by atoms with van der Waals surface area (Å²) in [5, 5.41) is 9.44. The maximum atomic E-state index is 13.1. The monoisotopic (exact) mass is 364 g/mol. The van der Waals surface area contributed by atoms with Gasteiger partial charge in [-0.1, -0.05) is 60.3 Å². The minimum Gasteiger partial charge on any atom is -0.314 e. The molecule has 3 aromatic rings. The Balaban J connectivity index is 1.56. The summed E-state index contributed by atoms with van der Waals surface area (Å²) in [6.45, 7) is 0. The first-order chi connectivity index (χ1) is 12.6. The molecule has 1 heterocycles. The van der Waals surface area contributed by atoms with Crippen LogP contribution in [0.3, 0.4) is 0 Å². The molecule has 1 fully saturated rings. The third-order valence-electron chi connectivity index (χ3n) is 4.70. The first-order valence-corrected chi connectivity index (χ1v) is 9.39. The molecule has 0 atom stereocenters. The van der Waals surface area contributed by atoms with Gasteiger partial charge in [0.1, 0.15) is 4.75 Å². The standard InChI is InChI=1S/C20H20N4OS/c1-23(16-11-7-4-8-12-16)18(25)20(13-14-20)26-19-22-21-17(24(19)2)15-9-5-3-6-10-15/h3-12H,13-14H2,1-2H3. The fourth-order valence-electron chi connectivity index (χ4n) is 2.96. The molecule has 0 aliphatic heterocycles. The second-order valence-electron chi connectivity index (χ2n) is 6.53. The topological polar surface area (TPSA) is 51.0 Å². The maximum Gasteiger partial charge on any atom is 0.243 e. The first-order valence-electron chi connectivity index (χ1n) is 8.58. The fraction of sp³-hybridized carbons (Fsp3) is 0.250. The SMILES string of the molecule is CN(C(=O)C1(Sc2nnc(-c3ccccc3)n2C)CC1)c1ccccc1. The number of aromatic nitrogens is 3. The van der Waals surface area contributed by atoms with Gasteiger partial charge in [0.15, 0.2) is 11.0 Å². The smallest absolute Gasteiger partial charge is 0.243 e. The van der Waals surface area contributed by atoms with Gasteiger partial charge in [0.2, 0.25) is 5.91 Å². The minimum atomic E-state index is -0.431. The summed E-state index contributed by atoms with van der Waals surface area (Å²) in [5.74, 6) is 0.936. The van der Waals surface area contributed by atoms with E-state index in [4.69, 9.17) is 0 Å². The number of para-hydroxylation sites is 1. The Morgan fingerprint density at radius 1 is 1.04 bits per heavy atom. The highest BCUT2D eigenvalue weighted by atomic mass is 32.2. The third kappa shape index (κ3) is 3.01. The molecule has 6 heteroatoms. The minimum absolute atomic E-state index is 0.123. The predicted molar refractivity (Wildman–Crippen MR) is 104 cm³/mol. The van der Waals surface area contributed by atoms with Crippen LogP contribution in [0.2, 0.25) is 0 Å². The highest BCUT2D eigenvalue weighted by Crippen LogP contribution is 2.52. The molecule has 0 saturated heterocycles. The van der Waals surface area contributed by atoms with E-state index in [-0.39, 0.29) is 5.91 Å². The zero-order valence-electron chi connectivity index (χ0n) is 14.8. The van der Waals surface area contributed by atoms with E-state index in [1.165, 1.54) is 11.8 Å². The second kappa shape index (κ2) is 6.61. The Bertz CT molecular complexity index is 919. The maximum absolute atomic E-state index is 13.1.